The van der Waals surface area contributed by atoms with Crippen LogP contribution in [0.25, 0.3) is 0 Å². The van der Waals surface area contributed by atoms with Gasteiger partial charge in [-0.05, 0) is 38.8 Å². The molecule has 1 saturated heterocycles. The van der Waals surface area contributed by atoms with Crippen LogP contribution in [-0.2, 0) is 0 Å². The molecule has 2 N–H and O–H groups in total. The van der Waals surface area contributed by atoms with Crippen LogP contribution in [0.15, 0.2) is 24.3 Å². The van der Waals surface area contributed by atoms with Gasteiger partial charge in [0, 0.05) is 24.3 Å². The Hall–Kier alpha value is -1.02. The second-order valence-corrected chi connectivity index (χ2v) is 4.94. The summed E-state index contributed by atoms with van der Waals surface area (Å²) in [6.45, 7) is 5.43. The molecule has 2 rings (SSSR count). The molecule has 2 heteroatoms. The summed E-state index contributed by atoms with van der Waals surface area (Å²) < 4.78 is 0. The Labute approximate surface area is 98.4 Å². The van der Waals surface area contributed by atoms with Crippen molar-refractivity contribution < 1.29 is 0 Å². The largest absolute Gasteiger partial charge is 0.383 e. The number of aryl methyl sites for hydroxylation is 1. The van der Waals surface area contributed by atoms with E-state index in [0.29, 0.717) is 12.1 Å². The van der Waals surface area contributed by atoms with Crippen LogP contribution >= 0.6 is 0 Å². The first kappa shape index (κ1) is 11.5. The first-order valence-electron chi connectivity index (χ1n) is 6.30. The third kappa shape index (κ3) is 3.24. The summed E-state index contributed by atoms with van der Waals surface area (Å²) in [4.78, 5) is 0. The predicted molar refractivity (Wildman–Crippen MR) is 69.9 cm³/mol. The van der Waals surface area contributed by atoms with Crippen LogP contribution in [0.2, 0.25) is 0 Å². The molecule has 1 heterocycles. The van der Waals surface area contributed by atoms with Crippen molar-refractivity contribution in [2.75, 3.05) is 11.9 Å². The number of hydrogen-bond donors (Lipinski definition) is 2. The molecule has 1 aromatic carbocycles. The van der Waals surface area contributed by atoms with Crippen molar-refractivity contribution in [1.82, 2.24) is 5.32 Å². The topological polar surface area (TPSA) is 24.1 Å². The van der Waals surface area contributed by atoms with Crippen molar-refractivity contribution in [2.45, 2.75) is 45.2 Å². The molecule has 1 aliphatic heterocycles. The fourth-order valence-electron chi connectivity index (χ4n) is 2.31. The molecular weight excluding hydrogens is 196 g/mol. The zero-order valence-corrected chi connectivity index (χ0v) is 10.3. The number of piperidine rings is 1. The monoisotopic (exact) mass is 218 g/mol. The van der Waals surface area contributed by atoms with E-state index in [-0.39, 0.29) is 0 Å². The number of nitrogens with one attached hydrogen (secondary N) is 2. The predicted octanol–water partition coefficient (Wildman–Crippen LogP) is 2.94. The van der Waals surface area contributed by atoms with Gasteiger partial charge < -0.3 is 10.6 Å². The van der Waals surface area contributed by atoms with E-state index in [1.54, 1.807) is 0 Å². The highest BCUT2D eigenvalue weighted by Gasteiger charge is 2.16. The Kier molecular flexibility index (Phi) is 3.83. The lowest BCUT2D eigenvalue weighted by atomic mass is 9.99. The normalized spacial score (nSPS) is 25.4. The maximum Gasteiger partial charge on any atom is 0.0340 e. The molecule has 0 saturated carbocycles. The molecule has 2 nitrogen and oxygen atoms in total. The van der Waals surface area contributed by atoms with Crippen molar-refractivity contribution >= 4 is 5.69 Å². The van der Waals surface area contributed by atoms with E-state index in [1.807, 2.05) is 0 Å². The van der Waals surface area contributed by atoms with Gasteiger partial charge in [0.15, 0.2) is 0 Å². The molecule has 88 valence electrons. The molecule has 1 fully saturated rings. The van der Waals surface area contributed by atoms with Crippen LogP contribution in [0.4, 0.5) is 5.69 Å². The van der Waals surface area contributed by atoms with E-state index in [4.69, 9.17) is 0 Å². The van der Waals surface area contributed by atoms with Gasteiger partial charge in [-0.3, -0.25) is 0 Å². The van der Waals surface area contributed by atoms with Crippen molar-refractivity contribution in [1.29, 1.82) is 0 Å². The van der Waals surface area contributed by atoms with E-state index in [0.717, 1.165) is 6.54 Å². The van der Waals surface area contributed by atoms with E-state index >= 15 is 0 Å². The van der Waals surface area contributed by atoms with Gasteiger partial charge in [-0.1, -0.05) is 24.1 Å². The highest BCUT2D eigenvalue weighted by molar-refractivity contribution is 5.44. The first-order chi connectivity index (χ1) is 7.74. The molecule has 0 radical (unpaired) electrons. The molecule has 2 atom stereocenters. The van der Waals surface area contributed by atoms with E-state index in [1.165, 1.54) is 30.5 Å². The number of hydrogen-bond acceptors (Lipinski definition) is 2. The molecule has 0 aliphatic carbocycles. The van der Waals surface area contributed by atoms with Crippen LogP contribution < -0.4 is 10.6 Å². The maximum atomic E-state index is 3.64. The summed E-state index contributed by atoms with van der Waals surface area (Å²) in [5.41, 5.74) is 2.54. The second kappa shape index (κ2) is 5.35. The van der Waals surface area contributed by atoms with E-state index in [2.05, 4.69) is 48.7 Å². The minimum Gasteiger partial charge on any atom is -0.383 e. The van der Waals surface area contributed by atoms with E-state index in [9.17, 15) is 0 Å². The van der Waals surface area contributed by atoms with Crippen molar-refractivity contribution in [2.24, 2.45) is 0 Å². The Bertz CT molecular complexity index is 318. The van der Waals surface area contributed by atoms with Crippen LogP contribution in [0.3, 0.4) is 0 Å². The lowest BCUT2D eigenvalue weighted by Gasteiger charge is -2.29. The number of rotatable bonds is 3. The summed E-state index contributed by atoms with van der Waals surface area (Å²) in [6.07, 6.45) is 3.97. The summed E-state index contributed by atoms with van der Waals surface area (Å²) in [5, 5.41) is 7.14. The standard InChI is InChI=1S/C14H22N2/c1-11-6-8-13(9-7-11)15-10-14-5-3-4-12(2)16-14/h6-9,12,14-16H,3-5,10H2,1-2H3. The summed E-state index contributed by atoms with van der Waals surface area (Å²) in [5.74, 6) is 0. The molecule has 0 spiro atoms. The minimum atomic E-state index is 0.630. The van der Waals surface area contributed by atoms with Gasteiger partial charge >= 0.3 is 0 Å². The van der Waals surface area contributed by atoms with E-state index < -0.39 is 0 Å². The number of anilines is 1. The lowest BCUT2D eigenvalue weighted by Crippen LogP contribution is -2.44. The minimum absolute atomic E-state index is 0.630. The van der Waals surface area contributed by atoms with Gasteiger partial charge in [0.25, 0.3) is 0 Å². The van der Waals surface area contributed by atoms with Gasteiger partial charge in [-0.25, -0.2) is 0 Å². The quantitative estimate of drug-likeness (QED) is 0.815. The van der Waals surface area contributed by atoms with Gasteiger partial charge in [0.1, 0.15) is 0 Å². The third-order valence-corrected chi connectivity index (χ3v) is 3.31. The average Bonchev–Trinajstić information content (AvgIpc) is 2.28. The second-order valence-electron chi connectivity index (χ2n) is 4.94. The van der Waals surface area contributed by atoms with Crippen molar-refractivity contribution in [3.05, 3.63) is 29.8 Å². The van der Waals surface area contributed by atoms with Gasteiger partial charge in [-0.15, -0.1) is 0 Å². The molecule has 1 aliphatic rings. The van der Waals surface area contributed by atoms with Gasteiger partial charge in [0.05, 0.1) is 0 Å². The Morgan fingerprint density at radius 3 is 2.69 bits per heavy atom. The van der Waals surface area contributed by atoms with Gasteiger partial charge in [-0.2, -0.15) is 0 Å². The van der Waals surface area contributed by atoms with Crippen LogP contribution in [0.1, 0.15) is 31.7 Å². The zero-order valence-electron chi connectivity index (χ0n) is 10.3. The average molecular weight is 218 g/mol. The van der Waals surface area contributed by atoms with Crippen molar-refractivity contribution in [3.63, 3.8) is 0 Å². The first-order valence-corrected chi connectivity index (χ1v) is 6.30. The Morgan fingerprint density at radius 1 is 1.25 bits per heavy atom. The molecule has 2 unspecified atom stereocenters. The molecule has 0 aromatic heterocycles. The highest BCUT2D eigenvalue weighted by Crippen LogP contribution is 2.14. The number of benzene rings is 1. The molecule has 16 heavy (non-hydrogen) atoms. The highest BCUT2D eigenvalue weighted by atomic mass is 15.0. The molecule has 0 bridgehead atoms. The molecule has 0 amide bonds. The van der Waals surface area contributed by atoms with Gasteiger partial charge in [0.2, 0.25) is 0 Å². The summed E-state index contributed by atoms with van der Waals surface area (Å²) in [6, 6.07) is 9.92. The molecular formula is C14H22N2. The smallest absolute Gasteiger partial charge is 0.0340 e. The summed E-state index contributed by atoms with van der Waals surface area (Å²) >= 11 is 0. The maximum absolute atomic E-state index is 3.64. The lowest BCUT2D eigenvalue weighted by molar-refractivity contribution is 0.345. The molecule has 1 aromatic rings. The van der Waals surface area contributed by atoms with Crippen molar-refractivity contribution in [3.8, 4) is 0 Å². The zero-order chi connectivity index (χ0) is 11.4. The van der Waals surface area contributed by atoms with Crippen LogP contribution in [-0.4, -0.2) is 18.6 Å². The third-order valence-electron chi connectivity index (χ3n) is 3.31. The fourth-order valence-corrected chi connectivity index (χ4v) is 2.31. The summed E-state index contributed by atoms with van der Waals surface area (Å²) in [7, 11) is 0. The fraction of sp³-hybridized carbons (Fsp3) is 0.571. The van der Waals surface area contributed by atoms with Crippen LogP contribution in [0, 0.1) is 6.92 Å². The Morgan fingerprint density at radius 2 is 2.00 bits per heavy atom. The SMILES string of the molecule is Cc1ccc(NCC2CCCC(C)N2)cc1. The van der Waals surface area contributed by atoms with Crippen LogP contribution in [0.5, 0.6) is 0 Å². The Balaban J connectivity index is 1.80.